The average molecular weight is 294 g/mol. The second-order valence-electron chi connectivity index (χ2n) is 3.88. The van der Waals surface area contributed by atoms with E-state index in [1.54, 1.807) is 0 Å². The van der Waals surface area contributed by atoms with E-state index >= 15 is 0 Å². The number of para-hydroxylation sites is 1. The largest absolute Gasteiger partial charge is 0.370 e. The van der Waals surface area contributed by atoms with E-state index < -0.39 is 0 Å². The van der Waals surface area contributed by atoms with Crippen LogP contribution in [0.2, 0.25) is 0 Å². The predicted molar refractivity (Wildman–Crippen MR) is 78.9 cm³/mol. The minimum absolute atomic E-state index is 0.296. The van der Waals surface area contributed by atoms with Crippen molar-refractivity contribution in [2.24, 2.45) is 5.73 Å². The Labute approximate surface area is 119 Å². The Morgan fingerprint density at radius 2 is 2.21 bits per heavy atom. The molecule has 100 valence electrons. The number of carbonyl (C=O) groups excluding carboxylic acids is 1. The lowest BCUT2D eigenvalue weighted by Gasteiger charge is -2.04. The quantitative estimate of drug-likeness (QED) is 0.800. The van der Waals surface area contributed by atoms with Crippen LogP contribution in [0.25, 0.3) is 0 Å². The van der Waals surface area contributed by atoms with Crippen molar-refractivity contribution in [3.05, 3.63) is 29.8 Å². The van der Waals surface area contributed by atoms with E-state index in [-0.39, 0.29) is 5.91 Å². The molecule has 0 radical (unpaired) electrons. The summed E-state index contributed by atoms with van der Waals surface area (Å²) in [6.07, 6.45) is 0.352. The molecule has 3 N–H and O–H groups in total. The Kier molecular flexibility index (Phi) is 4.75. The fraction of sp³-hybridized carbons (Fsp3) is 0.250. The third kappa shape index (κ3) is 4.22. The normalized spacial score (nSPS) is 10.4. The van der Waals surface area contributed by atoms with Crippen molar-refractivity contribution in [3.8, 4) is 0 Å². The van der Waals surface area contributed by atoms with Crippen molar-refractivity contribution in [3.63, 3.8) is 0 Å². The lowest BCUT2D eigenvalue weighted by atomic mass is 10.2. The fourth-order valence-electron chi connectivity index (χ4n) is 1.39. The molecule has 7 heteroatoms. The molecule has 19 heavy (non-hydrogen) atoms. The lowest BCUT2D eigenvalue weighted by Crippen LogP contribution is -2.10. The molecule has 1 aromatic heterocycles. The summed E-state index contributed by atoms with van der Waals surface area (Å²) < 4.78 is 0.831. The monoisotopic (exact) mass is 294 g/mol. The van der Waals surface area contributed by atoms with Gasteiger partial charge < -0.3 is 11.1 Å². The fourth-order valence-corrected chi connectivity index (χ4v) is 3.17. The Morgan fingerprint density at radius 1 is 1.42 bits per heavy atom. The summed E-state index contributed by atoms with van der Waals surface area (Å²) in [6.45, 7) is 2.03. The number of aromatic nitrogens is 2. The van der Waals surface area contributed by atoms with Crippen LogP contribution >= 0.6 is 23.1 Å². The number of carbonyl (C=O) groups is 1. The number of benzene rings is 1. The van der Waals surface area contributed by atoms with Crippen LogP contribution in [-0.4, -0.2) is 21.9 Å². The van der Waals surface area contributed by atoms with Gasteiger partial charge >= 0.3 is 0 Å². The molecule has 1 aromatic carbocycles. The molecule has 0 unspecified atom stereocenters. The number of thioether (sulfide) groups is 1. The number of rotatable bonds is 6. The maximum absolute atomic E-state index is 10.6. The number of nitrogens with zero attached hydrogens (tertiary/aromatic N) is 2. The number of nitrogens with one attached hydrogen (secondary N) is 1. The zero-order chi connectivity index (χ0) is 13.7. The van der Waals surface area contributed by atoms with E-state index in [9.17, 15) is 4.79 Å². The molecule has 0 spiro atoms. The van der Waals surface area contributed by atoms with E-state index in [0.717, 1.165) is 20.7 Å². The number of anilines is 2. The molecule has 2 aromatic rings. The van der Waals surface area contributed by atoms with Crippen molar-refractivity contribution >= 4 is 39.8 Å². The number of amides is 1. The van der Waals surface area contributed by atoms with Crippen LogP contribution in [0.5, 0.6) is 0 Å². The van der Waals surface area contributed by atoms with Crippen molar-refractivity contribution in [1.29, 1.82) is 0 Å². The molecule has 1 amide bonds. The van der Waals surface area contributed by atoms with Crippen molar-refractivity contribution in [2.75, 3.05) is 11.1 Å². The van der Waals surface area contributed by atoms with Crippen LogP contribution in [0.1, 0.15) is 12.0 Å². The number of hydrogen-bond donors (Lipinski definition) is 2. The Hall–Kier alpha value is -1.60. The molecule has 0 aliphatic heterocycles. The molecule has 2 rings (SSSR count). The van der Waals surface area contributed by atoms with Gasteiger partial charge in [0.2, 0.25) is 11.0 Å². The van der Waals surface area contributed by atoms with Gasteiger partial charge in [-0.1, -0.05) is 41.3 Å². The molecular weight excluding hydrogens is 280 g/mol. The summed E-state index contributed by atoms with van der Waals surface area (Å²) in [7, 11) is 0. The van der Waals surface area contributed by atoms with Gasteiger partial charge in [-0.2, -0.15) is 0 Å². The van der Waals surface area contributed by atoms with Crippen molar-refractivity contribution < 1.29 is 4.79 Å². The second kappa shape index (κ2) is 6.53. The SMILES string of the molecule is Cc1ccccc1Nc1nnc(SCCC(N)=O)s1. The number of primary amides is 1. The van der Waals surface area contributed by atoms with Gasteiger partial charge in [-0.15, -0.1) is 10.2 Å². The van der Waals surface area contributed by atoms with Gasteiger partial charge in [0.25, 0.3) is 0 Å². The van der Waals surface area contributed by atoms with Gasteiger partial charge in [-0.25, -0.2) is 0 Å². The van der Waals surface area contributed by atoms with Crippen LogP contribution in [-0.2, 0) is 4.79 Å². The molecule has 0 atom stereocenters. The summed E-state index contributed by atoms with van der Waals surface area (Å²) in [6, 6.07) is 7.99. The van der Waals surface area contributed by atoms with Crippen LogP contribution < -0.4 is 11.1 Å². The van der Waals surface area contributed by atoms with Gasteiger partial charge in [0.1, 0.15) is 0 Å². The molecule has 0 fully saturated rings. The van der Waals surface area contributed by atoms with Crippen LogP contribution in [0, 0.1) is 6.92 Å². The highest BCUT2D eigenvalue weighted by molar-refractivity contribution is 8.01. The first-order chi connectivity index (χ1) is 9.15. The summed E-state index contributed by atoms with van der Waals surface area (Å²) in [4.78, 5) is 10.6. The standard InChI is InChI=1S/C12H14N4OS2/c1-8-4-2-3-5-9(8)14-11-15-16-12(19-11)18-7-6-10(13)17/h2-5H,6-7H2,1H3,(H2,13,17)(H,14,15). The number of aryl methyl sites for hydroxylation is 1. The predicted octanol–water partition coefficient (Wildman–Crippen LogP) is 2.56. The summed E-state index contributed by atoms with van der Waals surface area (Å²) in [5, 5.41) is 12.1. The Bertz CT molecular complexity index is 570. The van der Waals surface area contributed by atoms with Crippen molar-refractivity contribution in [1.82, 2.24) is 10.2 Å². The lowest BCUT2D eigenvalue weighted by molar-refractivity contribution is -0.117. The van der Waals surface area contributed by atoms with Gasteiger partial charge in [-0.3, -0.25) is 4.79 Å². The zero-order valence-electron chi connectivity index (χ0n) is 10.4. The van der Waals surface area contributed by atoms with Gasteiger partial charge in [0.05, 0.1) is 0 Å². The van der Waals surface area contributed by atoms with Crippen LogP contribution in [0.3, 0.4) is 0 Å². The van der Waals surface area contributed by atoms with Gasteiger partial charge in [0.15, 0.2) is 4.34 Å². The average Bonchev–Trinajstić information content (AvgIpc) is 2.79. The van der Waals surface area contributed by atoms with E-state index in [0.29, 0.717) is 12.2 Å². The summed E-state index contributed by atoms with van der Waals surface area (Å²) in [5.41, 5.74) is 7.26. The highest BCUT2D eigenvalue weighted by Gasteiger charge is 2.06. The number of nitrogens with two attached hydrogens (primary N) is 1. The maximum Gasteiger partial charge on any atom is 0.218 e. The first-order valence-electron chi connectivity index (χ1n) is 5.72. The molecule has 0 aliphatic carbocycles. The molecule has 0 bridgehead atoms. The molecule has 0 aliphatic rings. The van der Waals surface area contributed by atoms with Gasteiger partial charge in [-0.05, 0) is 18.6 Å². The maximum atomic E-state index is 10.6. The van der Waals surface area contributed by atoms with Gasteiger partial charge in [0, 0.05) is 17.9 Å². The van der Waals surface area contributed by atoms with Crippen molar-refractivity contribution in [2.45, 2.75) is 17.7 Å². The summed E-state index contributed by atoms with van der Waals surface area (Å²) in [5.74, 6) is 0.337. The third-order valence-corrected chi connectivity index (χ3v) is 4.34. The smallest absolute Gasteiger partial charge is 0.218 e. The molecule has 1 heterocycles. The van der Waals surface area contributed by atoms with E-state index in [1.165, 1.54) is 23.1 Å². The first-order valence-corrected chi connectivity index (χ1v) is 7.52. The minimum Gasteiger partial charge on any atom is -0.370 e. The minimum atomic E-state index is -0.296. The topological polar surface area (TPSA) is 80.9 Å². The third-order valence-electron chi connectivity index (χ3n) is 2.37. The molecule has 5 nitrogen and oxygen atoms in total. The highest BCUT2D eigenvalue weighted by atomic mass is 32.2. The van der Waals surface area contributed by atoms with E-state index in [2.05, 4.69) is 15.5 Å². The molecule has 0 saturated heterocycles. The first kappa shape index (κ1) is 13.8. The van der Waals surface area contributed by atoms with E-state index in [1.807, 2.05) is 31.2 Å². The van der Waals surface area contributed by atoms with Crippen LogP contribution in [0.4, 0.5) is 10.8 Å². The Balaban J connectivity index is 1.94. The Morgan fingerprint density at radius 3 is 2.95 bits per heavy atom. The summed E-state index contributed by atoms with van der Waals surface area (Å²) >= 11 is 2.95. The molecular formula is C12H14N4OS2. The second-order valence-corrected chi connectivity index (χ2v) is 6.20. The number of hydrogen-bond acceptors (Lipinski definition) is 6. The molecule has 0 saturated carbocycles. The van der Waals surface area contributed by atoms with Crippen LogP contribution in [0.15, 0.2) is 28.6 Å². The van der Waals surface area contributed by atoms with E-state index in [4.69, 9.17) is 5.73 Å². The highest BCUT2D eigenvalue weighted by Crippen LogP contribution is 2.28. The zero-order valence-corrected chi connectivity index (χ0v) is 12.1.